The number of nitrogens with zero attached hydrogens (tertiary/aromatic N) is 1. The molecule has 13 heavy (non-hydrogen) atoms. The summed E-state index contributed by atoms with van der Waals surface area (Å²) >= 11 is 0. The molecule has 0 saturated heterocycles. The molecule has 2 rings (SSSR count). The highest BCUT2D eigenvalue weighted by atomic mass is 16.5. The van der Waals surface area contributed by atoms with Gasteiger partial charge >= 0.3 is 0 Å². The quantitative estimate of drug-likeness (QED) is 0.771. The van der Waals surface area contributed by atoms with Crippen LogP contribution in [0.15, 0.2) is 28.9 Å². The molecule has 0 spiro atoms. The lowest BCUT2D eigenvalue weighted by atomic mass is 10.1. The van der Waals surface area contributed by atoms with E-state index in [1.807, 2.05) is 19.2 Å². The zero-order valence-corrected chi connectivity index (χ0v) is 7.58. The van der Waals surface area contributed by atoms with E-state index in [-0.39, 0.29) is 0 Å². The van der Waals surface area contributed by atoms with Crippen LogP contribution in [0, 0.1) is 0 Å². The van der Waals surface area contributed by atoms with Gasteiger partial charge in [0.2, 0.25) is 0 Å². The van der Waals surface area contributed by atoms with Crippen LogP contribution in [0.5, 0.6) is 0 Å². The predicted octanol–water partition coefficient (Wildman–Crippen LogP) is 1.59. The van der Waals surface area contributed by atoms with E-state index < -0.39 is 0 Å². The first-order chi connectivity index (χ1) is 6.42. The van der Waals surface area contributed by atoms with E-state index in [2.05, 4.69) is 16.5 Å². The van der Waals surface area contributed by atoms with Gasteiger partial charge in [-0.3, -0.25) is 0 Å². The van der Waals surface area contributed by atoms with E-state index in [1.54, 1.807) is 6.20 Å². The predicted molar refractivity (Wildman–Crippen MR) is 51.6 cm³/mol. The highest BCUT2D eigenvalue weighted by molar-refractivity contribution is 5.79. The first kappa shape index (κ1) is 8.26. The fraction of sp³-hybridized carbons (Fsp3) is 0.300. The largest absolute Gasteiger partial charge is 0.356 e. The van der Waals surface area contributed by atoms with Crippen LogP contribution in [0.3, 0.4) is 0 Å². The smallest absolute Gasteiger partial charge is 0.167 e. The SMILES string of the molecule is CNCCc1cccc2oncc12. The zero-order valence-electron chi connectivity index (χ0n) is 7.58. The van der Waals surface area contributed by atoms with Gasteiger partial charge in [-0.25, -0.2) is 0 Å². The van der Waals surface area contributed by atoms with Gasteiger partial charge in [-0.15, -0.1) is 0 Å². The molecule has 0 aliphatic carbocycles. The summed E-state index contributed by atoms with van der Waals surface area (Å²) in [4.78, 5) is 0. The molecule has 0 radical (unpaired) electrons. The van der Waals surface area contributed by atoms with Crippen LogP contribution in [0.2, 0.25) is 0 Å². The van der Waals surface area contributed by atoms with Gasteiger partial charge in [0, 0.05) is 5.39 Å². The number of hydrogen-bond acceptors (Lipinski definition) is 3. The van der Waals surface area contributed by atoms with Gasteiger partial charge in [-0.05, 0) is 31.6 Å². The zero-order chi connectivity index (χ0) is 9.10. The van der Waals surface area contributed by atoms with E-state index in [4.69, 9.17) is 4.52 Å². The fourth-order valence-corrected chi connectivity index (χ4v) is 1.43. The molecule has 3 nitrogen and oxygen atoms in total. The summed E-state index contributed by atoms with van der Waals surface area (Å²) in [7, 11) is 1.95. The third-order valence-electron chi connectivity index (χ3n) is 2.13. The molecule has 0 bridgehead atoms. The van der Waals surface area contributed by atoms with Crippen molar-refractivity contribution in [1.82, 2.24) is 10.5 Å². The van der Waals surface area contributed by atoms with Crippen LogP contribution >= 0.6 is 0 Å². The highest BCUT2D eigenvalue weighted by Gasteiger charge is 2.02. The number of rotatable bonds is 3. The summed E-state index contributed by atoms with van der Waals surface area (Å²) in [6.07, 6.45) is 2.79. The lowest BCUT2D eigenvalue weighted by molar-refractivity contribution is 0.456. The van der Waals surface area contributed by atoms with Crippen molar-refractivity contribution in [3.05, 3.63) is 30.0 Å². The Labute approximate surface area is 76.7 Å². The van der Waals surface area contributed by atoms with Crippen molar-refractivity contribution >= 4 is 11.0 Å². The number of hydrogen-bond donors (Lipinski definition) is 1. The van der Waals surface area contributed by atoms with Gasteiger partial charge < -0.3 is 9.84 Å². The Kier molecular flexibility index (Phi) is 2.27. The van der Waals surface area contributed by atoms with Gasteiger partial charge in [0.1, 0.15) is 0 Å². The number of aromatic nitrogens is 1. The van der Waals surface area contributed by atoms with Crippen molar-refractivity contribution in [2.24, 2.45) is 0 Å². The van der Waals surface area contributed by atoms with Crippen molar-refractivity contribution in [2.75, 3.05) is 13.6 Å². The Hall–Kier alpha value is -1.35. The number of benzene rings is 1. The molecule has 0 saturated carbocycles. The average molecular weight is 176 g/mol. The van der Waals surface area contributed by atoms with Crippen molar-refractivity contribution in [3.8, 4) is 0 Å². The van der Waals surface area contributed by atoms with E-state index in [0.717, 1.165) is 23.9 Å². The van der Waals surface area contributed by atoms with Crippen molar-refractivity contribution in [3.63, 3.8) is 0 Å². The van der Waals surface area contributed by atoms with Gasteiger partial charge in [0.05, 0.1) is 6.20 Å². The van der Waals surface area contributed by atoms with Crippen LogP contribution in [0.25, 0.3) is 11.0 Å². The van der Waals surface area contributed by atoms with Crippen LogP contribution in [0.4, 0.5) is 0 Å². The molecule has 0 amide bonds. The van der Waals surface area contributed by atoms with Gasteiger partial charge in [0.15, 0.2) is 5.58 Å². The Morgan fingerprint density at radius 1 is 1.46 bits per heavy atom. The maximum Gasteiger partial charge on any atom is 0.167 e. The first-order valence-electron chi connectivity index (χ1n) is 4.38. The third-order valence-corrected chi connectivity index (χ3v) is 2.13. The van der Waals surface area contributed by atoms with Gasteiger partial charge in [-0.1, -0.05) is 17.3 Å². The summed E-state index contributed by atoms with van der Waals surface area (Å²) in [6.45, 7) is 0.976. The molecule has 1 N–H and O–H groups in total. The Morgan fingerprint density at radius 3 is 3.23 bits per heavy atom. The van der Waals surface area contributed by atoms with Crippen LogP contribution < -0.4 is 5.32 Å². The molecule has 1 aromatic carbocycles. The average Bonchev–Trinajstić information content (AvgIpc) is 2.62. The molecular weight excluding hydrogens is 164 g/mol. The van der Waals surface area contributed by atoms with Gasteiger partial charge in [0.25, 0.3) is 0 Å². The van der Waals surface area contributed by atoms with E-state index >= 15 is 0 Å². The van der Waals surface area contributed by atoms with E-state index in [0.29, 0.717) is 0 Å². The van der Waals surface area contributed by atoms with Crippen molar-refractivity contribution in [1.29, 1.82) is 0 Å². The second-order valence-electron chi connectivity index (χ2n) is 3.01. The molecule has 0 aliphatic heterocycles. The Morgan fingerprint density at radius 2 is 2.38 bits per heavy atom. The maximum absolute atomic E-state index is 5.07. The molecule has 3 heteroatoms. The number of fused-ring (bicyclic) bond motifs is 1. The highest BCUT2D eigenvalue weighted by Crippen LogP contribution is 2.17. The standard InChI is InChI=1S/C10H12N2O/c1-11-6-5-8-3-2-4-10-9(8)7-12-13-10/h2-4,7,11H,5-6H2,1H3. The Bertz CT molecular complexity index is 394. The normalized spacial score (nSPS) is 10.8. The molecular formula is C10H12N2O. The van der Waals surface area contributed by atoms with Gasteiger partial charge in [-0.2, -0.15) is 0 Å². The summed E-state index contributed by atoms with van der Waals surface area (Å²) in [5.74, 6) is 0. The summed E-state index contributed by atoms with van der Waals surface area (Å²) in [5, 5.41) is 8.02. The summed E-state index contributed by atoms with van der Waals surface area (Å²) in [6, 6.07) is 6.04. The first-order valence-corrected chi connectivity index (χ1v) is 4.38. The van der Waals surface area contributed by atoms with Crippen molar-refractivity contribution in [2.45, 2.75) is 6.42 Å². The monoisotopic (exact) mass is 176 g/mol. The second kappa shape index (κ2) is 3.58. The fourth-order valence-electron chi connectivity index (χ4n) is 1.43. The molecule has 0 atom stereocenters. The molecule has 0 unspecified atom stereocenters. The molecule has 0 aliphatic rings. The topological polar surface area (TPSA) is 38.1 Å². The third kappa shape index (κ3) is 1.55. The summed E-state index contributed by atoms with van der Waals surface area (Å²) < 4.78 is 5.07. The molecule has 1 aromatic heterocycles. The van der Waals surface area contributed by atoms with Crippen LogP contribution in [-0.2, 0) is 6.42 Å². The summed E-state index contributed by atoms with van der Waals surface area (Å²) in [5.41, 5.74) is 2.15. The molecule has 1 heterocycles. The van der Waals surface area contributed by atoms with E-state index in [9.17, 15) is 0 Å². The maximum atomic E-state index is 5.07. The lowest BCUT2D eigenvalue weighted by Gasteiger charge is -2.00. The van der Waals surface area contributed by atoms with Crippen LogP contribution in [0.1, 0.15) is 5.56 Å². The minimum Gasteiger partial charge on any atom is -0.356 e. The Balaban J connectivity index is 2.37. The van der Waals surface area contributed by atoms with Crippen LogP contribution in [-0.4, -0.2) is 18.7 Å². The minimum absolute atomic E-state index is 0.869. The van der Waals surface area contributed by atoms with Crippen molar-refractivity contribution < 1.29 is 4.52 Å². The second-order valence-corrected chi connectivity index (χ2v) is 3.01. The molecule has 0 fully saturated rings. The lowest BCUT2D eigenvalue weighted by Crippen LogP contribution is -2.10. The number of nitrogens with one attached hydrogen (secondary N) is 1. The number of likely N-dealkylation sites (N-methyl/N-ethyl adjacent to an activating group) is 1. The molecule has 2 aromatic rings. The van der Waals surface area contributed by atoms with E-state index in [1.165, 1.54) is 5.56 Å². The minimum atomic E-state index is 0.869. The molecule has 68 valence electrons.